The van der Waals surface area contributed by atoms with Crippen molar-refractivity contribution in [2.24, 2.45) is 11.8 Å². The first-order valence-corrected chi connectivity index (χ1v) is 12.4. The van der Waals surface area contributed by atoms with Gasteiger partial charge in [-0.05, 0) is 31.6 Å². The number of hydrogen-bond acceptors (Lipinski definition) is 2. The fourth-order valence-corrected chi connectivity index (χ4v) is 2.03. The van der Waals surface area contributed by atoms with Crippen LogP contribution in [-0.4, -0.2) is 29.4 Å². The molecule has 0 amide bonds. The summed E-state index contributed by atoms with van der Waals surface area (Å²) in [6.07, 6.45) is 19.0. The molecule has 0 spiro atoms. The number of allylic oxidation sites excluding steroid dienone is 7. The van der Waals surface area contributed by atoms with Gasteiger partial charge in [0.2, 0.25) is 0 Å². The lowest BCUT2D eigenvalue weighted by Crippen LogP contribution is -1.96. The van der Waals surface area contributed by atoms with Gasteiger partial charge in [0, 0.05) is 0 Å². The molecular weight excluding hydrogens is 418 g/mol. The Morgan fingerprint density at radius 2 is 1.34 bits per heavy atom. The summed E-state index contributed by atoms with van der Waals surface area (Å²) in [6.45, 7) is 12.8. The van der Waals surface area contributed by atoms with E-state index in [-0.39, 0.29) is 0 Å². The molecule has 0 saturated heterocycles. The Hall–Kier alpha value is -0.820. The largest absolute Gasteiger partial charge is 0.466 e. The molecular formula is C19H38O8P2. The normalized spacial score (nSPS) is 13.7. The van der Waals surface area contributed by atoms with Gasteiger partial charge in [-0.3, -0.25) is 0 Å². The van der Waals surface area contributed by atoms with Crippen LogP contribution in [0.25, 0.3) is 0 Å². The molecule has 0 aliphatic rings. The van der Waals surface area contributed by atoms with Gasteiger partial charge in [0.1, 0.15) is 0 Å². The molecule has 8 nitrogen and oxygen atoms in total. The van der Waals surface area contributed by atoms with Gasteiger partial charge in [-0.25, -0.2) is 9.13 Å². The van der Waals surface area contributed by atoms with E-state index in [1.165, 1.54) is 37.7 Å². The van der Waals surface area contributed by atoms with Crippen molar-refractivity contribution in [2.75, 3.05) is 0 Å². The molecule has 0 heterocycles. The smallest absolute Gasteiger partial charge is 0.303 e. The summed E-state index contributed by atoms with van der Waals surface area (Å²) in [5.41, 5.74) is 1.35. The molecule has 6 N–H and O–H groups in total. The van der Waals surface area contributed by atoms with E-state index in [9.17, 15) is 0 Å². The highest BCUT2D eigenvalue weighted by molar-refractivity contribution is 7.45. The maximum atomic E-state index is 8.88. The Kier molecular flexibility index (Phi) is 21.7. The predicted molar refractivity (Wildman–Crippen MR) is 118 cm³/mol. The fourth-order valence-electron chi connectivity index (χ4n) is 2.03. The zero-order valence-corrected chi connectivity index (χ0v) is 19.5. The van der Waals surface area contributed by atoms with Crippen molar-refractivity contribution in [1.29, 1.82) is 0 Å². The van der Waals surface area contributed by atoms with Gasteiger partial charge in [-0.2, -0.15) is 0 Å². The third kappa shape index (κ3) is 58.4. The van der Waals surface area contributed by atoms with E-state index in [1.807, 2.05) is 12.2 Å². The fraction of sp³-hybridized carbons (Fsp3) is 0.579. The van der Waals surface area contributed by atoms with Crippen molar-refractivity contribution < 1.29 is 38.5 Å². The molecule has 0 rings (SSSR count). The van der Waals surface area contributed by atoms with Crippen molar-refractivity contribution in [1.82, 2.24) is 0 Å². The third-order valence-corrected chi connectivity index (χ3v) is 3.32. The average Bonchev–Trinajstić information content (AvgIpc) is 2.48. The zero-order valence-electron chi connectivity index (χ0n) is 17.8. The van der Waals surface area contributed by atoms with Crippen LogP contribution in [0.1, 0.15) is 59.8 Å². The van der Waals surface area contributed by atoms with Crippen molar-refractivity contribution in [3.8, 4) is 0 Å². The topological polar surface area (TPSA) is 156 Å². The molecule has 0 aromatic heterocycles. The monoisotopic (exact) mass is 456 g/mol. The van der Waals surface area contributed by atoms with Crippen LogP contribution in [0.3, 0.4) is 0 Å². The highest BCUT2D eigenvalue weighted by atomic mass is 31.2. The van der Waals surface area contributed by atoms with Gasteiger partial charge in [-0.15, -0.1) is 0 Å². The minimum absolute atomic E-state index is 0.850. The second-order valence-electron chi connectivity index (χ2n) is 6.96. The van der Waals surface area contributed by atoms with E-state index in [4.69, 9.17) is 38.5 Å². The molecule has 29 heavy (non-hydrogen) atoms. The van der Waals surface area contributed by atoms with Gasteiger partial charge in [-0.1, -0.05) is 88.6 Å². The van der Waals surface area contributed by atoms with Gasteiger partial charge in [0.25, 0.3) is 0 Å². The lowest BCUT2D eigenvalue weighted by atomic mass is 9.96. The molecule has 0 radical (unpaired) electrons. The van der Waals surface area contributed by atoms with E-state index in [0.717, 1.165) is 11.8 Å². The summed E-state index contributed by atoms with van der Waals surface area (Å²) < 4.78 is 17.8. The highest BCUT2D eigenvalue weighted by Crippen LogP contribution is 2.26. The Balaban J connectivity index is -0.000000555. The number of rotatable bonds is 10. The van der Waals surface area contributed by atoms with Crippen LogP contribution in [0.4, 0.5) is 0 Å². The van der Waals surface area contributed by atoms with Crippen LogP contribution in [0, 0.1) is 11.8 Å². The molecule has 0 fully saturated rings. The first-order valence-electron chi connectivity index (χ1n) is 9.25. The second kappa shape index (κ2) is 19.2. The molecule has 1 atom stereocenters. The van der Waals surface area contributed by atoms with Crippen LogP contribution >= 0.6 is 15.6 Å². The summed E-state index contributed by atoms with van der Waals surface area (Å²) in [7, 11) is -9.28. The summed E-state index contributed by atoms with van der Waals surface area (Å²) in [5, 5.41) is 0. The SMILES string of the molecule is C=CC=CC=CC(C)=CCCC(C)CCCC(C)C.O=P(O)(O)O.O=P(O)(O)O. The number of phosphoric acid groups is 2. The maximum absolute atomic E-state index is 8.88. The molecule has 1 unspecified atom stereocenters. The summed E-state index contributed by atoms with van der Waals surface area (Å²) >= 11 is 0. The van der Waals surface area contributed by atoms with Crippen molar-refractivity contribution >= 4 is 15.6 Å². The van der Waals surface area contributed by atoms with E-state index < -0.39 is 15.6 Å². The molecule has 0 aromatic rings. The number of hydrogen-bond donors (Lipinski definition) is 6. The molecule has 10 heteroatoms. The zero-order chi connectivity index (χ0) is 23.5. The lowest BCUT2D eigenvalue weighted by molar-refractivity contribution is 0.272. The van der Waals surface area contributed by atoms with Crippen LogP contribution in [0.2, 0.25) is 0 Å². The molecule has 172 valence electrons. The Morgan fingerprint density at radius 3 is 1.76 bits per heavy atom. The van der Waals surface area contributed by atoms with E-state index in [0.29, 0.717) is 0 Å². The minimum Gasteiger partial charge on any atom is -0.303 e. The quantitative estimate of drug-likeness (QED) is 0.205. The summed E-state index contributed by atoms with van der Waals surface area (Å²) in [4.78, 5) is 43.1. The Labute approximate surface area is 174 Å². The van der Waals surface area contributed by atoms with Gasteiger partial charge >= 0.3 is 15.6 Å². The van der Waals surface area contributed by atoms with Gasteiger partial charge in [0.15, 0.2) is 0 Å². The summed E-state index contributed by atoms with van der Waals surface area (Å²) in [5.74, 6) is 1.70. The average molecular weight is 456 g/mol. The van der Waals surface area contributed by atoms with E-state index in [2.05, 4.69) is 52.5 Å². The summed E-state index contributed by atoms with van der Waals surface area (Å²) in [6, 6.07) is 0. The molecule has 0 aliphatic heterocycles. The molecule has 0 aromatic carbocycles. The Morgan fingerprint density at radius 1 is 0.862 bits per heavy atom. The molecule has 0 bridgehead atoms. The van der Waals surface area contributed by atoms with Crippen LogP contribution in [0.5, 0.6) is 0 Å². The molecule has 0 saturated carbocycles. The molecule has 0 aliphatic carbocycles. The maximum Gasteiger partial charge on any atom is 0.466 e. The Bertz CT molecular complexity index is 548. The standard InChI is InChI=1S/C19H32.2H3O4P/c1-6-7-8-9-13-18(4)15-11-16-19(5)14-10-12-17(2)3;2*1-5(2,3)4/h6-9,13,15,17,19H,1,10-12,14,16H2,2-5H3;2*(H3,1,2,3,4). The first-order chi connectivity index (χ1) is 13.1. The minimum atomic E-state index is -4.64. The van der Waals surface area contributed by atoms with Crippen LogP contribution in [0.15, 0.2) is 48.6 Å². The van der Waals surface area contributed by atoms with Crippen molar-refractivity contribution in [3.05, 3.63) is 48.6 Å². The van der Waals surface area contributed by atoms with E-state index in [1.54, 1.807) is 6.08 Å². The highest BCUT2D eigenvalue weighted by Gasteiger charge is 2.02. The third-order valence-electron chi connectivity index (χ3n) is 3.32. The van der Waals surface area contributed by atoms with E-state index >= 15 is 0 Å². The van der Waals surface area contributed by atoms with Crippen molar-refractivity contribution in [3.63, 3.8) is 0 Å². The van der Waals surface area contributed by atoms with Crippen molar-refractivity contribution in [2.45, 2.75) is 59.8 Å². The van der Waals surface area contributed by atoms with Gasteiger partial charge < -0.3 is 29.4 Å². The lowest BCUT2D eigenvalue weighted by Gasteiger charge is -2.11. The van der Waals surface area contributed by atoms with Crippen LogP contribution in [-0.2, 0) is 9.13 Å². The first kappa shape index (κ1) is 32.8. The van der Waals surface area contributed by atoms with Crippen LogP contribution < -0.4 is 0 Å². The van der Waals surface area contributed by atoms with Gasteiger partial charge in [0.05, 0.1) is 0 Å². The second-order valence-corrected chi connectivity index (χ2v) is 9.01. The predicted octanol–water partition coefficient (Wildman–Crippen LogP) is 4.62.